The van der Waals surface area contributed by atoms with Crippen LogP contribution in [0.25, 0.3) is 0 Å². The second kappa shape index (κ2) is 9.03. The molecule has 0 aromatic heterocycles. The summed E-state index contributed by atoms with van der Waals surface area (Å²) in [6.07, 6.45) is 3.12. The van der Waals surface area contributed by atoms with E-state index in [1.807, 2.05) is 6.07 Å². The number of amides is 1. The third kappa shape index (κ3) is 5.88. The average molecular weight is 414 g/mol. The molecule has 1 aromatic carbocycles. The number of alkyl halides is 1. The molecule has 1 N–H and O–H groups in total. The van der Waals surface area contributed by atoms with Crippen LogP contribution >= 0.6 is 45.8 Å². The van der Waals surface area contributed by atoms with Gasteiger partial charge >= 0.3 is 0 Å². The molecule has 0 saturated carbocycles. The van der Waals surface area contributed by atoms with Crippen LogP contribution < -0.4 is 5.32 Å². The van der Waals surface area contributed by atoms with E-state index in [2.05, 4.69) is 34.8 Å². The molecule has 5 heteroatoms. The molecule has 19 heavy (non-hydrogen) atoms. The van der Waals surface area contributed by atoms with Crippen molar-refractivity contribution in [2.24, 2.45) is 5.92 Å². The zero-order valence-electron chi connectivity index (χ0n) is 10.9. The number of rotatable bonds is 7. The first kappa shape index (κ1) is 17.1. The number of carbonyl (C=O) groups is 1. The van der Waals surface area contributed by atoms with E-state index in [1.54, 1.807) is 12.1 Å². The van der Waals surface area contributed by atoms with Crippen molar-refractivity contribution < 1.29 is 4.79 Å². The van der Waals surface area contributed by atoms with Crippen LogP contribution in [-0.4, -0.2) is 18.3 Å². The zero-order chi connectivity index (χ0) is 14.3. The standard InChI is InChI=1S/C14H18Cl2INO/c1-2-3-10(6-7-15)9-18-14(19)11-4-5-13(17)12(16)8-11/h4-5,8,10H,2-3,6-7,9H2,1H3,(H,18,19). The van der Waals surface area contributed by atoms with Crippen molar-refractivity contribution >= 4 is 51.7 Å². The summed E-state index contributed by atoms with van der Waals surface area (Å²) in [7, 11) is 0. The van der Waals surface area contributed by atoms with Crippen LogP contribution in [0, 0.1) is 9.49 Å². The van der Waals surface area contributed by atoms with Gasteiger partial charge in [-0.15, -0.1) is 11.6 Å². The minimum Gasteiger partial charge on any atom is -0.352 e. The van der Waals surface area contributed by atoms with Gasteiger partial charge in [0.1, 0.15) is 0 Å². The fourth-order valence-corrected chi connectivity index (χ4v) is 2.71. The quantitative estimate of drug-likeness (QED) is 0.508. The average Bonchev–Trinajstić information content (AvgIpc) is 2.39. The van der Waals surface area contributed by atoms with Crippen LogP contribution in [0.3, 0.4) is 0 Å². The van der Waals surface area contributed by atoms with Crippen LogP contribution in [0.4, 0.5) is 0 Å². The summed E-state index contributed by atoms with van der Waals surface area (Å²) < 4.78 is 0.946. The molecular weight excluding hydrogens is 396 g/mol. The summed E-state index contributed by atoms with van der Waals surface area (Å²) >= 11 is 13.9. The van der Waals surface area contributed by atoms with Gasteiger partial charge in [-0.2, -0.15) is 0 Å². The largest absolute Gasteiger partial charge is 0.352 e. The van der Waals surface area contributed by atoms with Gasteiger partial charge in [0.15, 0.2) is 0 Å². The van der Waals surface area contributed by atoms with Gasteiger partial charge in [-0.25, -0.2) is 0 Å². The highest BCUT2D eigenvalue weighted by Gasteiger charge is 2.11. The second-order valence-electron chi connectivity index (χ2n) is 4.47. The topological polar surface area (TPSA) is 29.1 Å². The molecule has 1 rings (SSSR count). The van der Waals surface area contributed by atoms with E-state index in [4.69, 9.17) is 23.2 Å². The number of hydrogen-bond acceptors (Lipinski definition) is 1. The Morgan fingerprint density at radius 1 is 1.42 bits per heavy atom. The van der Waals surface area contributed by atoms with Crippen LogP contribution in [0.2, 0.25) is 5.02 Å². The van der Waals surface area contributed by atoms with Gasteiger partial charge in [0, 0.05) is 21.6 Å². The number of nitrogens with one attached hydrogen (secondary N) is 1. The monoisotopic (exact) mass is 413 g/mol. The molecule has 1 amide bonds. The minimum atomic E-state index is -0.0750. The fraction of sp³-hybridized carbons (Fsp3) is 0.500. The molecule has 106 valence electrons. The van der Waals surface area contributed by atoms with E-state index in [-0.39, 0.29) is 5.91 Å². The maximum Gasteiger partial charge on any atom is 0.251 e. The molecule has 0 aliphatic heterocycles. The molecule has 0 saturated heterocycles. The van der Waals surface area contributed by atoms with Gasteiger partial charge in [0.25, 0.3) is 5.91 Å². The Kier molecular flexibility index (Phi) is 8.11. The van der Waals surface area contributed by atoms with Gasteiger partial charge < -0.3 is 5.32 Å². The SMILES string of the molecule is CCCC(CCCl)CNC(=O)c1ccc(I)c(Cl)c1. The van der Waals surface area contributed by atoms with Crippen LogP contribution in [0.15, 0.2) is 18.2 Å². The molecule has 0 aliphatic rings. The molecule has 1 unspecified atom stereocenters. The molecule has 0 bridgehead atoms. The summed E-state index contributed by atoms with van der Waals surface area (Å²) in [5.41, 5.74) is 0.603. The molecule has 0 spiro atoms. The molecule has 1 atom stereocenters. The van der Waals surface area contributed by atoms with E-state index in [9.17, 15) is 4.79 Å². The summed E-state index contributed by atoms with van der Waals surface area (Å²) in [5.74, 6) is 1.01. The normalized spacial score (nSPS) is 12.2. The molecule has 0 heterocycles. The van der Waals surface area contributed by atoms with E-state index in [1.165, 1.54) is 0 Å². The van der Waals surface area contributed by atoms with Gasteiger partial charge in [0.05, 0.1) is 5.02 Å². The summed E-state index contributed by atoms with van der Waals surface area (Å²) in [5, 5.41) is 3.57. The Morgan fingerprint density at radius 2 is 2.16 bits per heavy atom. The second-order valence-corrected chi connectivity index (χ2v) is 6.42. The van der Waals surface area contributed by atoms with E-state index in [0.717, 1.165) is 22.8 Å². The van der Waals surface area contributed by atoms with Crippen molar-refractivity contribution in [3.8, 4) is 0 Å². The lowest BCUT2D eigenvalue weighted by atomic mass is 10.0. The van der Waals surface area contributed by atoms with Crippen molar-refractivity contribution in [1.82, 2.24) is 5.32 Å². The molecule has 0 fully saturated rings. The lowest BCUT2D eigenvalue weighted by Crippen LogP contribution is -2.29. The highest BCUT2D eigenvalue weighted by atomic mass is 127. The Labute approximate surface area is 138 Å². The molecule has 0 aliphatic carbocycles. The summed E-state index contributed by atoms with van der Waals surface area (Å²) in [4.78, 5) is 12.0. The number of hydrogen-bond donors (Lipinski definition) is 1. The van der Waals surface area contributed by atoms with Gasteiger partial charge in [0.2, 0.25) is 0 Å². The molecule has 0 radical (unpaired) electrons. The van der Waals surface area contributed by atoms with Crippen LogP contribution in [0.1, 0.15) is 36.5 Å². The lowest BCUT2D eigenvalue weighted by Gasteiger charge is -2.15. The first-order chi connectivity index (χ1) is 9.08. The third-order valence-corrected chi connectivity index (χ3v) is 4.74. The Hall–Kier alpha value is -0.0000000000000000555. The van der Waals surface area contributed by atoms with Crippen LogP contribution in [0.5, 0.6) is 0 Å². The maximum absolute atomic E-state index is 12.0. The van der Waals surface area contributed by atoms with Gasteiger partial charge in [-0.1, -0.05) is 24.9 Å². The van der Waals surface area contributed by atoms with Gasteiger partial charge in [-0.3, -0.25) is 4.79 Å². The first-order valence-electron chi connectivity index (χ1n) is 6.37. The van der Waals surface area contributed by atoms with Crippen molar-refractivity contribution in [2.75, 3.05) is 12.4 Å². The Bertz CT molecular complexity index is 420. The van der Waals surface area contributed by atoms with Crippen molar-refractivity contribution in [1.29, 1.82) is 0 Å². The maximum atomic E-state index is 12.0. The van der Waals surface area contributed by atoms with Gasteiger partial charge in [-0.05, 0) is 59.5 Å². The fourth-order valence-electron chi connectivity index (χ4n) is 1.89. The summed E-state index contributed by atoms with van der Waals surface area (Å²) in [6.45, 7) is 2.81. The first-order valence-corrected chi connectivity index (χ1v) is 8.36. The molecule has 2 nitrogen and oxygen atoms in total. The van der Waals surface area contributed by atoms with Crippen molar-refractivity contribution in [2.45, 2.75) is 26.2 Å². The van der Waals surface area contributed by atoms with E-state index < -0.39 is 0 Å². The predicted octanol–water partition coefficient (Wildman–Crippen LogP) is 4.72. The Balaban J connectivity index is 2.56. The van der Waals surface area contributed by atoms with E-state index >= 15 is 0 Å². The number of benzene rings is 1. The number of carbonyl (C=O) groups excluding carboxylic acids is 1. The number of halogens is 3. The summed E-state index contributed by atoms with van der Waals surface area (Å²) in [6, 6.07) is 5.34. The smallest absolute Gasteiger partial charge is 0.251 e. The predicted molar refractivity (Wildman–Crippen MR) is 90.2 cm³/mol. The highest BCUT2D eigenvalue weighted by Crippen LogP contribution is 2.19. The third-order valence-electron chi connectivity index (χ3n) is 2.95. The lowest BCUT2D eigenvalue weighted by molar-refractivity contribution is 0.0946. The van der Waals surface area contributed by atoms with Crippen molar-refractivity contribution in [3.63, 3.8) is 0 Å². The highest BCUT2D eigenvalue weighted by molar-refractivity contribution is 14.1. The van der Waals surface area contributed by atoms with Crippen molar-refractivity contribution in [3.05, 3.63) is 32.4 Å². The minimum absolute atomic E-state index is 0.0750. The molecular formula is C14H18Cl2INO. The zero-order valence-corrected chi connectivity index (χ0v) is 14.6. The van der Waals surface area contributed by atoms with E-state index in [0.29, 0.717) is 28.9 Å². The Morgan fingerprint density at radius 3 is 2.74 bits per heavy atom. The molecule has 1 aromatic rings. The van der Waals surface area contributed by atoms with Crippen LogP contribution in [-0.2, 0) is 0 Å².